The molecule has 4 aromatic rings. The molecule has 0 bridgehead atoms. The van der Waals surface area contributed by atoms with Gasteiger partial charge in [0.05, 0.1) is 14.7 Å². The molecular formula is C16H11N5O3S3. The van der Waals surface area contributed by atoms with Gasteiger partial charge in [0.2, 0.25) is 5.91 Å². The topological polar surface area (TPSA) is 103 Å². The van der Waals surface area contributed by atoms with Gasteiger partial charge in [0.15, 0.2) is 5.13 Å². The first-order chi connectivity index (χ1) is 13.1. The van der Waals surface area contributed by atoms with E-state index in [1.807, 2.05) is 35.0 Å². The van der Waals surface area contributed by atoms with Gasteiger partial charge in [-0.2, -0.15) is 5.10 Å². The van der Waals surface area contributed by atoms with Crippen molar-refractivity contribution in [3.63, 3.8) is 0 Å². The molecule has 4 aromatic heterocycles. The number of carbonyl (C=O) groups excluding carboxylic acids is 1. The minimum absolute atomic E-state index is 0.129. The molecule has 0 atom stereocenters. The molecule has 0 saturated heterocycles. The smallest absolute Gasteiger partial charge is 0.300 e. The third-order valence-electron chi connectivity index (χ3n) is 3.51. The van der Waals surface area contributed by atoms with Crippen molar-refractivity contribution in [3.8, 4) is 20.3 Å². The van der Waals surface area contributed by atoms with Crippen LogP contribution < -0.4 is 5.32 Å². The predicted octanol–water partition coefficient (Wildman–Crippen LogP) is 4.34. The summed E-state index contributed by atoms with van der Waals surface area (Å²) in [6.07, 6.45) is 2.33. The van der Waals surface area contributed by atoms with Gasteiger partial charge in [-0.15, -0.1) is 22.7 Å². The average Bonchev–Trinajstić information content (AvgIpc) is 3.41. The minimum atomic E-state index is -0.553. The second-order valence-corrected chi connectivity index (χ2v) is 8.25. The number of hydrogen-bond donors (Lipinski definition) is 1. The minimum Gasteiger partial charge on any atom is -0.300 e. The lowest BCUT2D eigenvalue weighted by Gasteiger charge is -2.01. The summed E-state index contributed by atoms with van der Waals surface area (Å²) in [4.78, 5) is 30.1. The Morgan fingerprint density at radius 2 is 1.96 bits per heavy atom. The molecule has 0 aliphatic rings. The van der Waals surface area contributed by atoms with Crippen molar-refractivity contribution >= 4 is 50.7 Å². The van der Waals surface area contributed by atoms with E-state index in [1.54, 1.807) is 22.7 Å². The number of nitrogens with zero attached hydrogens (tertiary/aromatic N) is 4. The Balaban J connectivity index is 1.56. The van der Waals surface area contributed by atoms with Crippen molar-refractivity contribution < 1.29 is 9.72 Å². The average molecular weight is 417 g/mol. The zero-order valence-corrected chi connectivity index (χ0v) is 16.0. The highest BCUT2D eigenvalue weighted by Gasteiger charge is 2.18. The Bertz CT molecular complexity index is 1030. The van der Waals surface area contributed by atoms with Gasteiger partial charge in [-0.05, 0) is 22.9 Å². The van der Waals surface area contributed by atoms with E-state index in [2.05, 4.69) is 15.4 Å². The van der Waals surface area contributed by atoms with Crippen LogP contribution in [0.4, 0.5) is 10.8 Å². The summed E-state index contributed by atoms with van der Waals surface area (Å²) in [6, 6.07) is 7.94. The fourth-order valence-corrected chi connectivity index (χ4v) is 5.00. The summed E-state index contributed by atoms with van der Waals surface area (Å²) in [5.41, 5.74) is 0.680. The largest absolute Gasteiger partial charge is 0.307 e. The second-order valence-electron chi connectivity index (χ2n) is 5.35. The first kappa shape index (κ1) is 17.5. The van der Waals surface area contributed by atoms with E-state index < -0.39 is 4.92 Å². The molecule has 1 N–H and O–H groups in total. The van der Waals surface area contributed by atoms with Crippen molar-refractivity contribution in [2.24, 2.45) is 0 Å². The highest BCUT2D eigenvalue weighted by molar-refractivity contribution is 7.24. The van der Waals surface area contributed by atoms with Crippen LogP contribution in [-0.4, -0.2) is 25.6 Å². The number of aromatic nitrogens is 3. The number of amides is 1. The van der Waals surface area contributed by atoms with E-state index in [1.165, 1.54) is 22.2 Å². The van der Waals surface area contributed by atoms with Gasteiger partial charge >= 0.3 is 5.69 Å². The van der Waals surface area contributed by atoms with Crippen molar-refractivity contribution in [1.82, 2.24) is 14.8 Å². The molecule has 0 aliphatic carbocycles. The van der Waals surface area contributed by atoms with Gasteiger partial charge in [0.1, 0.15) is 24.6 Å². The maximum Gasteiger partial charge on any atom is 0.307 e. The van der Waals surface area contributed by atoms with Crippen LogP contribution >= 0.6 is 34.0 Å². The highest BCUT2D eigenvalue weighted by atomic mass is 32.1. The van der Waals surface area contributed by atoms with Gasteiger partial charge in [0, 0.05) is 4.88 Å². The molecule has 0 fully saturated rings. The lowest BCUT2D eigenvalue weighted by Crippen LogP contribution is -2.18. The van der Waals surface area contributed by atoms with E-state index >= 15 is 0 Å². The molecule has 0 saturated carbocycles. The molecular weight excluding hydrogens is 406 g/mol. The van der Waals surface area contributed by atoms with E-state index in [0.717, 1.165) is 26.5 Å². The Morgan fingerprint density at radius 1 is 1.22 bits per heavy atom. The molecule has 27 heavy (non-hydrogen) atoms. The Labute approximate surface area is 164 Å². The van der Waals surface area contributed by atoms with Gasteiger partial charge in [-0.25, -0.2) is 4.98 Å². The third-order valence-corrected chi connectivity index (χ3v) is 6.41. The van der Waals surface area contributed by atoms with Gasteiger partial charge in [-0.1, -0.05) is 23.5 Å². The number of nitrogens with one attached hydrogen (secondary N) is 1. The molecule has 136 valence electrons. The van der Waals surface area contributed by atoms with Gasteiger partial charge < -0.3 is 5.32 Å². The monoisotopic (exact) mass is 417 g/mol. The second kappa shape index (κ2) is 7.39. The molecule has 0 spiro atoms. The lowest BCUT2D eigenvalue weighted by atomic mass is 10.3. The SMILES string of the molecule is O=C(Cn1cc([N+](=O)[O-])cn1)Nc1nc(-c2cccs2)c(-c2cccs2)s1. The normalized spacial score (nSPS) is 10.8. The highest BCUT2D eigenvalue weighted by Crippen LogP contribution is 2.42. The van der Waals surface area contributed by atoms with Gasteiger partial charge in [0.25, 0.3) is 0 Å². The number of thiazole rings is 1. The van der Waals surface area contributed by atoms with Crippen LogP contribution in [0.1, 0.15) is 0 Å². The van der Waals surface area contributed by atoms with Crippen LogP contribution in [0.3, 0.4) is 0 Å². The van der Waals surface area contributed by atoms with Crippen LogP contribution in [-0.2, 0) is 11.3 Å². The van der Waals surface area contributed by atoms with Crippen LogP contribution in [0, 0.1) is 10.1 Å². The molecule has 0 aromatic carbocycles. The number of carbonyl (C=O) groups is 1. The van der Waals surface area contributed by atoms with E-state index in [-0.39, 0.29) is 18.1 Å². The van der Waals surface area contributed by atoms with Gasteiger partial charge in [-0.3, -0.25) is 19.6 Å². The van der Waals surface area contributed by atoms with E-state index in [9.17, 15) is 14.9 Å². The molecule has 4 heterocycles. The number of anilines is 1. The molecule has 1 amide bonds. The van der Waals surface area contributed by atoms with Crippen molar-refractivity contribution in [2.75, 3.05) is 5.32 Å². The summed E-state index contributed by atoms with van der Waals surface area (Å²) in [7, 11) is 0. The molecule has 11 heteroatoms. The van der Waals surface area contributed by atoms with Crippen LogP contribution in [0.2, 0.25) is 0 Å². The predicted molar refractivity (Wildman–Crippen MR) is 106 cm³/mol. The summed E-state index contributed by atoms with van der Waals surface area (Å²) in [6.45, 7) is -0.129. The molecule has 0 radical (unpaired) electrons. The maximum absolute atomic E-state index is 12.3. The number of thiophene rings is 2. The van der Waals surface area contributed by atoms with Crippen molar-refractivity contribution in [1.29, 1.82) is 0 Å². The fourth-order valence-electron chi connectivity index (χ4n) is 2.37. The summed E-state index contributed by atoms with van der Waals surface area (Å²) < 4.78 is 1.22. The molecule has 0 unspecified atom stereocenters. The molecule has 8 nitrogen and oxygen atoms in total. The maximum atomic E-state index is 12.3. The zero-order valence-electron chi connectivity index (χ0n) is 13.6. The van der Waals surface area contributed by atoms with Crippen LogP contribution in [0.15, 0.2) is 47.4 Å². The third kappa shape index (κ3) is 3.79. The molecule has 0 aliphatic heterocycles. The quantitative estimate of drug-likeness (QED) is 0.371. The van der Waals surface area contributed by atoms with Crippen LogP contribution in [0.5, 0.6) is 0 Å². The Kier molecular flexibility index (Phi) is 4.79. The first-order valence-electron chi connectivity index (χ1n) is 7.65. The Morgan fingerprint density at radius 3 is 2.59 bits per heavy atom. The van der Waals surface area contributed by atoms with E-state index in [0.29, 0.717) is 5.13 Å². The molecule has 4 rings (SSSR count). The number of rotatable bonds is 6. The lowest BCUT2D eigenvalue weighted by molar-refractivity contribution is -0.385. The standard InChI is InChI=1S/C16H11N5O3S3/c22-13(9-20-8-10(7-17-20)21(23)24)18-16-19-14(11-3-1-5-25-11)15(27-16)12-4-2-6-26-12/h1-8H,9H2,(H,18,19,22). The summed E-state index contributed by atoms with van der Waals surface area (Å²) in [5.74, 6) is -0.350. The Hall–Kier alpha value is -2.89. The summed E-state index contributed by atoms with van der Waals surface area (Å²) in [5, 5.41) is 21.7. The van der Waals surface area contributed by atoms with E-state index in [4.69, 9.17) is 0 Å². The van der Waals surface area contributed by atoms with Crippen molar-refractivity contribution in [2.45, 2.75) is 6.54 Å². The first-order valence-corrected chi connectivity index (χ1v) is 10.2. The summed E-state index contributed by atoms with van der Waals surface area (Å²) >= 11 is 4.60. The fraction of sp³-hybridized carbons (Fsp3) is 0.0625. The number of hydrogen-bond acceptors (Lipinski definition) is 8. The van der Waals surface area contributed by atoms with Crippen molar-refractivity contribution in [3.05, 3.63) is 57.5 Å². The number of nitro groups is 1. The zero-order chi connectivity index (χ0) is 18.8. The van der Waals surface area contributed by atoms with Crippen LogP contribution in [0.25, 0.3) is 20.3 Å².